The number of fused-ring (bicyclic) bond motifs is 1. The lowest BCUT2D eigenvalue weighted by Gasteiger charge is -2.12. The summed E-state index contributed by atoms with van der Waals surface area (Å²) in [5.41, 5.74) is 5.66. The van der Waals surface area contributed by atoms with E-state index in [4.69, 9.17) is 0 Å². The zero-order valence-corrected chi connectivity index (χ0v) is 19.2. The number of imidazole rings is 1. The summed E-state index contributed by atoms with van der Waals surface area (Å²) >= 11 is 0. The maximum atomic E-state index is 14.5. The predicted octanol–water partition coefficient (Wildman–Crippen LogP) is 5.80. The number of H-pyrrole nitrogens is 1. The highest BCUT2D eigenvalue weighted by molar-refractivity contribution is 5.85. The molecule has 2 N–H and O–H groups in total. The quantitative estimate of drug-likeness (QED) is 0.337. The number of aryl methyl sites for hydroxylation is 3. The standard InChI is InChI=1S/C26H24F2N6/c1-15-10-21(27)25(28)26-20(15)11-16(2)34(26)9-8-29-24-12-22(31-14-32-24)18-4-6-19(7-5-18)23-13-30-17(3)33-23/h4-7,10-14H,8-9H2,1-3H3,(H,30,33)(H,29,31,32). The van der Waals surface area contributed by atoms with Crippen molar-refractivity contribution in [3.05, 3.63) is 83.7 Å². The summed E-state index contributed by atoms with van der Waals surface area (Å²) in [6.45, 7) is 6.57. The van der Waals surface area contributed by atoms with Crippen LogP contribution in [0.15, 0.2) is 55.0 Å². The normalized spacial score (nSPS) is 11.3. The molecule has 34 heavy (non-hydrogen) atoms. The van der Waals surface area contributed by atoms with Crippen molar-refractivity contribution in [2.45, 2.75) is 27.3 Å². The van der Waals surface area contributed by atoms with Gasteiger partial charge in [0, 0.05) is 35.8 Å². The lowest BCUT2D eigenvalue weighted by molar-refractivity contribution is 0.510. The third-order valence-electron chi connectivity index (χ3n) is 5.99. The van der Waals surface area contributed by atoms with E-state index in [-0.39, 0.29) is 0 Å². The maximum Gasteiger partial charge on any atom is 0.183 e. The number of hydrogen-bond donors (Lipinski definition) is 2. The van der Waals surface area contributed by atoms with Crippen LogP contribution in [0.3, 0.4) is 0 Å². The lowest BCUT2D eigenvalue weighted by atomic mass is 10.1. The number of aromatic amines is 1. The van der Waals surface area contributed by atoms with Gasteiger partial charge in [0.15, 0.2) is 11.6 Å². The van der Waals surface area contributed by atoms with E-state index in [2.05, 4.69) is 25.3 Å². The molecular formula is C26H24F2N6. The molecule has 0 bridgehead atoms. The number of hydrogen-bond acceptors (Lipinski definition) is 4. The Balaban J connectivity index is 1.31. The van der Waals surface area contributed by atoms with Gasteiger partial charge in [-0.2, -0.15) is 0 Å². The van der Waals surface area contributed by atoms with Gasteiger partial charge in [0.05, 0.1) is 23.1 Å². The number of halogens is 2. The molecule has 0 unspecified atom stereocenters. The van der Waals surface area contributed by atoms with Crippen LogP contribution in [-0.2, 0) is 6.54 Å². The van der Waals surface area contributed by atoms with Crippen LogP contribution in [-0.4, -0.2) is 31.0 Å². The van der Waals surface area contributed by atoms with E-state index in [1.165, 1.54) is 12.4 Å². The topological polar surface area (TPSA) is 71.4 Å². The van der Waals surface area contributed by atoms with Crippen LogP contribution in [0.4, 0.5) is 14.6 Å². The number of benzene rings is 2. The molecule has 5 aromatic rings. The molecular weight excluding hydrogens is 434 g/mol. The highest BCUT2D eigenvalue weighted by atomic mass is 19.2. The second-order valence-corrected chi connectivity index (χ2v) is 8.36. The van der Waals surface area contributed by atoms with Crippen molar-refractivity contribution < 1.29 is 8.78 Å². The monoisotopic (exact) mass is 458 g/mol. The molecule has 172 valence electrons. The third-order valence-corrected chi connectivity index (χ3v) is 5.99. The van der Waals surface area contributed by atoms with Gasteiger partial charge in [0.25, 0.3) is 0 Å². The van der Waals surface area contributed by atoms with Crippen molar-refractivity contribution in [3.63, 3.8) is 0 Å². The van der Waals surface area contributed by atoms with Crippen molar-refractivity contribution in [1.29, 1.82) is 0 Å². The van der Waals surface area contributed by atoms with Crippen LogP contribution in [0.25, 0.3) is 33.4 Å². The minimum absolute atomic E-state index is 0.299. The molecule has 2 aromatic carbocycles. The van der Waals surface area contributed by atoms with Crippen LogP contribution in [0.2, 0.25) is 0 Å². The Morgan fingerprint density at radius 3 is 2.44 bits per heavy atom. The van der Waals surface area contributed by atoms with Crippen LogP contribution in [0, 0.1) is 32.4 Å². The molecule has 0 aliphatic rings. The Morgan fingerprint density at radius 1 is 0.941 bits per heavy atom. The molecule has 3 heterocycles. The van der Waals surface area contributed by atoms with Crippen molar-refractivity contribution in [2.75, 3.05) is 11.9 Å². The molecule has 0 radical (unpaired) electrons. The average molecular weight is 459 g/mol. The molecule has 3 aromatic heterocycles. The fourth-order valence-corrected chi connectivity index (χ4v) is 4.24. The van der Waals surface area contributed by atoms with Crippen LogP contribution in [0.5, 0.6) is 0 Å². The Kier molecular flexibility index (Phi) is 5.57. The van der Waals surface area contributed by atoms with E-state index in [1.54, 1.807) is 11.5 Å². The minimum Gasteiger partial charge on any atom is -0.368 e. The van der Waals surface area contributed by atoms with E-state index in [0.717, 1.165) is 45.0 Å². The first-order valence-electron chi connectivity index (χ1n) is 11.0. The lowest BCUT2D eigenvalue weighted by Crippen LogP contribution is -2.13. The number of nitrogens with zero attached hydrogens (tertiary/aromatic N) is 4. The second-order valence-electron chi connectivity index (χ2n) is 8.36. The molecule has 0 aliphatic carbocycles. The molecule has 0 amide bonds. The van der Waals surface area contributed by atoms with Gasteiger partial charge in [-0.15, -0.1) is 0 Å². The molecule has 0 atom stereocenters. The zero-order chi connectivity index (χ0) is 23.8. The summed E-state index contributed by atoms with van der Waals surface area (Å²) < 4.78 is 30.3. The molecule has 5 rings (SSSR count). The number of anilines is 1. The number of aromatic nitrogens is 5. The van der Waals surface area contributed by atoms with Gasteiger partial charge in [-0.1, -0.05) is 24.3 Å². The zero-order valence-electron chi connectivity index (χ0n) is 19.2. The first-order chi connectivity index (χ1) is 16.4. The number of rotatable bonds is 6. The molecule has 0 spiro atoms. The van der Waals surface area contributed by atoms with Crippen LogP contribution in [0.1, 0.15) is 17.1 Å². The molecule has 8 heteroatoms. The van der Waals surface area contributed by atoms with Gasteiger partial charge in [0.1, 0.15) is 18.0 Å². The second kappa shape index (κ2) is 8.70. The van der Waals surface area contributed by atoms with Gasteiger partial charge in [-0.05, 0) is 44.0 Å². The summed E-state index contributed by atoms with van der Waals surface area (Å²) in [5.74, 6) is -0.106. The van der Waals surface area contributed by atoms with Gasteiger partial charge in [0.2, 0.25) is 0 Å². The van der Waals surface area contributed by atoms with E-state index >= 15 is 0 Å². The van der Waals surface area contributed by atoms with Crippen LogP contribution >= 0.6 is 0 Å². The predicted molar refractivity (Wildman–Crippen MR) is 130 cm³/mol. The molecule has 0 aliphatic heterocycles. The summed E-state index contributed by atoms with van der Waals surface area (Å²) in [5, 5.41) is 4.00. The average Bonchev–Trinajstić information content (AvgIpc) is 3.41. The smallest absolute Gasteiger partial charge is 0.183 e. The summed E-state index contributed by atoms with van der Waals surface area (Å²) in [6, 6.07) is 13.1. The highest BCUT2D eigenvalue weighted by Gasteiger charge is 2.16. The third kappa shape index (κ3) is 4.03. The Hall–Kier alpha value is -4.07. The van der Waals surface area contributed by atoms with Crippen molar-refractivity contribution in [3.8, 4) is 22.5 Å². The van der Waals surface area contributed by atoms with Crippen molar-refractivity contribution >= 4 is 16.7 Å². The Bertz CT molecular complexity index is 1480. The first kappa shape index (κ1) is 21.8. The first-order valence-corrected chi connectivity index (χ1v) is 11.0. The van der Waals surface area contributed by atoms with E-state index in [0.29, 0.717) is 24.4 Å². The summed E-state index contributed by atoms with van der Waals surface area (Å²) in [7, 11) is 0. The largest absolute Gasteiger partial charge is 0.368 e. The van der Waals surface area contributed by atoms with Crippen molar-refractivity contribution in [2.24, 2.45) is 0 Å². The molecule has 6 nitrogen and oxygen atoms in total. The number of nitrogens with one attached hydrogen (secondary N) is 2. The van der Waals surface area contributed by atoms with Gasteiger partial charge in [-0.3, -0.25) is 0 Å². The molecule has 0 fully saturated rings. The highest BCUT2D eigenvalue weighted by Crippen LogP contribution is 2.28. The summed E-state index contributed by atoms with van der Waals surface area (Å²) in [6.07, 6.45) is 3.33. The maximum absolute atomic E-state index is 14.5. The Labute approximate surface area is 195 Å². The van der Waals surface area contributed by atoms with E-state index < -0.39 is 11.6 Å². The fourth-order valence-electron chi connectivity index (χ4n) is 4.24. The van der Waals surface area contributed by atoms with Gasteiger partial charge < -0.3 is 14.9 Å². The molecule has 0 saturated heterocycles. The van der Waals surface area contributed by atoms with Crippen molar-refractivity contribution in [1.82, 2.24) is 24.5 Å². The minimum atomic E-state index is -0.827. The van der Waals surface area contributed by atoms with Gasteiger partial charge >= 0.3 is 0 Å². The van der Waals surface area contributed by atoms with E-state index in [9.17, 15) is 8.78 Å². The van der Waals surface area contributed by atoms with Gasteiger partial charge in [-0.25, -0.2) is 23.7 Å². The van der Waals surface area contributed by atoms with Crippen LogP contribution < -0.4 is 5.32 Å². The Morgan fingerprint density at radius 2 is 1.71 bits per heavy atom. The fraction of sp³-hybridized carbons (Fsp3) is 0.192. The molecule has 0 saturated carbocycles. The SMILES string of the molecule is Cc1ncc(-c2ccc(-c3cc(NCCn4c(C)cc5c(C)cc(F)c(F)c54)ncn3)cc2)[nH]1. The summed E-state index contributed by atoms with van der Waals surface area (Å²) in [4.78, 5) is 16.2. The van der Waals surface area contributed by atoms with E-state index in [1.807, 2.05) is 56.4 Å².